The van der Waals surface area contributed by atoms with Crippen molar-refractivity contribution >= 4 is 61.7 Å². The Morgan fingerprint density at radius 2 is 2.00 bits per heavy atom. The highest BCUT2D eigenvalue weighted by Crippen LogP contribution is 2.23. The van der Waals surface area contributed by atoms with Gasteiger partial charge in [-0.05, 0) is 65.4 Å². The molecular formula is C14H10BrClINO. The molecule has 0 unspecified atom stereocenters. The van der Waals surface area contributed by atoms with Crippen molar-refractivity contribution in [3.63, 3.8) is 0 Å². The van der Waals surface area contributed by atoms with Crippen molar-refractivity contribution in [2.45, 2.75) is 6.92 Å². The molecule has 0 spiro atoms. The summed E-state index contributed by atoms with van der Waals surface area (Å²) in [6, 6.07) is 10.9. The van der Waals surface area contributed by atoms with Gasteiger partial charge >= 0.3 is 0 Å². The van der Waals surface area contributed by atoms with Crippen LogP contribution in [0.3, 0.4) is 0 Å². The summed E-state index contributed by atoms with van der Waals surface area (Å²) in [4.78, 5) is 12.1. The molecule has 98 valence electrons. The summed E-state index contributed by atoms with van der Waals surface area (Å²) in [6.07, 6.45) is 0. The average Bonchev–Trinajstić information content (AvgIpc) is 2.36. The van der Waals surface area contributed by atoms with Gasteiger partial charge in [-0.15, -0.1) is 0 Å². The van der Waals surface area contributed by atoms with E-state index in [0.717, 1.165) is 19.3 Å². The third kappa shape index (κ3) is 3.70. The second-order valence-electron chi connectivity index (χ2n) is 4.04. The first-order valence-corrected chi connectivity index (χ1v) is 7.75. The van der Waals surface area contributed by atoms with Gasteiger partial charge in [-0.1, -0.05) is 33.6 Å². The molecule has 0 atom stereocenters. The van der Waals surface area contributed by atoms with Crippen LogP contribution in [0.4, 0.5) is 5.69 Å². The smallest absolute Gasteiger partial charge is 0.255 e. The van der Waals surface area contributed by atoms with Gasteiger partial charge in [-0.25, -0.2) is 0 Å². The first-order valence-electron chi connectivity index (χ1n) is 5.50. The summed E-state index contributed by atoms with van der Waals surface area (Å²) in [5.74, 6) is -0.138. The molecule has 0 aromatic heterocycles. The van der Waals surface area contributed by atoms with Gasteiger partial charge in [0.2, 0.25) is 0 Å². The standard InChI is InChI=1S/C14H10BrClINO/c1-8-2-3-9(6-11(8)15)14(19)18-13-5-4-10(16)7-12(13)17/h2-7H,1H3,(H,18,19). The Morgan fingerprint density at radius 3 is 2.63 bits per heavy atom. The summed E-state index contributed by atoms with van der Waals surface area (Å²) in [5.41, 5.74) is 2.47. The highest BCUT2D eigenvalue weighted by Gasteiger charge is 2.09. The monoisotopic (exact) mass is 449 g/mol. The first kappa shape index (κ1) is 14.8. The van der Waals surface area contributed by atoms with Crippen molar-refractivity contribution in [2.75, 3.05) is 5.32 Å². The van der Waals surface area contributed by atoms with Gasteiger partial charge < -0.3 is 5.32 Å². The van der Waals surface area contributed by atoms with E-state index in [9.17, 15) is 4.79 Å². The van der Waals surface area contributed by atoms with Crippen molar-refractivity contribution in [1.82, 2.24) is 0 Å². The van der Waals surface area contributed by atoms with Gasteiger partial charge in [0.15, 0.2) is 0 Å². The fourth-order valence-electron chi connectivity index (χ4n) is 1.52. The molecule has 19 heavy (non-hydrogen) atoms. The molecule has 2 rings (SSSR count). The van der Waals surface area contributed by atoms with Gasteiger partial charge in [0, 0.05) is 18.6 Å². The number of halogens is 3. The first-order chi connectivity index (χ1) is 8.97. The minimum Gasteiger partial charge on any atom is -0.321 e. The number of rotatable bonds is 2. The van der Waals surface area contributed by atoms with Gasteiger partial charge in [0.1, 0.15) is 0 Å². The molecule has 1 amide bonds. The summed E-state index contributed by atoms with van der Waals surface area (Å²) in [7, 11) is 0. The van der Waals surface area contributed by atoms with Gasteiger partial charge in [-0.2, -0.15) is 0 Å². The fraction of sp³-hybridized carbons (Fsp3) is 0.0714. The maximum Gasteiger partial charge on any atom is 0.255 e. The number of carbonyl (C=O) groups excluding carboxylic acids is 1. The molecule has 0 aliphatic heterocycles. The zero-order valence-electron chi connectivity index (χ0n) is 10.0. The Hall–Kier alpha value is -0.590. The number of anilines is 1. The molecule has 0 radical (unpaired) electrons. The second-order valence-corrected chi connectivity index (χ2v) is 6.50. The Kier molecular flexibility index (Phi) is 4.86. The lowest BCUT2D eigenvalue weighted by molar-refractivity contribution is 0.102. The lowest BCUT2D eigenvalue weighted by Crippen LogP contribution is -2.12. The van der Waals surface area contributed by atoms with Crippen molar-refractivity contribution in [3.8, 4) is 0 Å². The second kappa shape index (κ2) is 6.24. The summed E-state index contributed by atoms with van der Waals surface area (Å²) >= 11 is 11.5. The van der Waals surface area contributed by atoms with Crippen molar-refractivity contribution < 1.29 is 4.79 Å². The molecule has 0 fully saturated rings. The van der Waals surface area contributed by atoms with Gasteiger partial charge in [0.05, 0.1) is 5.69 Å². The normalized spacial score (nSPS) is 10.3. The third-order valence-electron chi connectivity index (χ3n) is 2.61. The number of hydrogen-bond donors (Lipinski definition) is 1. The van der Waals surface area contributed by atoms with E-state index in [1.807, 2.05) is 25.1 Å². The third-order valence-corrected chi connectivity index (χ3v) is 4.60. The van der Waals surface area contributed by atoms with Crippen LogP contribution in [0.5, 0.6) is 0 Å². The highest BCUT2D eigenvalue weighted by molar-refractivity contribution is 14.1. The Bertz CT molecular complexity index is 645. The SMILES string of the molecule is Cc1ccc(C(=O)Nc2ccc(Cl)cc2I)cc1Br. The number of carbonyl (C=O) groups is 1. The van der Waals surface area contributed by atoms with Crippen molar-refractivity contribution in [2.24, 2.45) is 0 Å². The molecule has 0 saturated carbocycles. The predicted molar refractivity (Wildman–Crippen MR) is 91.0 cm³/mol. The minimum atomic E-state index is -0.138. The van der Waals surface area contributed by atoms with E-state index < -0.39 is 0 Å². The van der Waals surface area contributed by atoms with Gasteiger partial charge in [-0.3, -0.25) is 4.79 Å². The molecule has 0 aliphatic rings. The van der Waals surface area contributed by atoms with Crippen LogP contribution in [0.2, 0.25) is 5.02 Å². The summed E-state index contributed by atoms with van der Waals surface area (Å²) in [5, 5.41) is 3.53. The number of nitrogens with one attached hydrogen (secondary N) is 1. The maximum atomic E-state index is 12.1. The van der Waals surface area contributed by atoms with E-state index in [1.165, 1.54) is 0 Å². The Morgan fingerprint density at radius 1 is 1.26 bits per heavy atom. The number of amides is 1. The zero-order chi connectivity index (χ0) is 14.0. The van der Waals surface area contributed by atoms with Crippen molar-refractivity contribution in [3.05, 3.63) is 60.6 Å². The Labute approximate surface area is 138 Å². The number of benzene rings is 2. The molecule has 1 N–H and O–H groups in total. The van der Waals surface area contributed by atoms with E-state index in [1.54, 1.807) is 18.2 Å². The van der Waals surface area contributed by atoms with Gasteiger partial charge in [0.25, 0.3) is 5.91 Å². The topological polar surface area (TPSA) is 29.1 Å². The largest absolute Gasteiger partial charge is 0.321 e. The quantitative estimate of drug-likeness (QED) is 0.621. The molecule has 2 aromatic rings. The number of aryl methyl sites for hydroxylation is 1. The molecule has 5 heteroatoms. The zero-order valence-corrected chi connectivity index (χ0v) is 14.5. The molecule has 0 aliphatic carbocycles. The molecule has 0 bridgehead atoms. The summed E-state index contributed by atoms with van der Waals surface area (Å²) < 4.78 is 1.83. The van der Waals surface area contributed by atoms with E-state index in [4.69, 9.17) is 11.6 Å². The Balaban J connectivity index is 2.23. The lowest BCUT2D eigenvalue weighted by atomic mass is 10.1. The maximum absolute atomic E-state index is 12.1. The molecule has 2 nitrogen and oxygen atoms in total. The van der Waals surface area contributed by atoms with Crippen molar-refractivity contribution in [1.29, 1.82) is 0 Å². The van der Waals surface area contributed by atoms with Crippen LogP contribution in [-0.2, 0) is 0 Å². The predicted octanol–water partition coefficient (Wildman–Crippen LogP) is 5.27. The highest BCUT2D eigenvalue weighted by atomic mass is 127. The van der Waals surface area contributed by atoms with Crippen LogP contribution in [0.15, 0.2) is 40.9 Å². The van der Waals surface area contributed by atoms with Crippen LogP contribution in [0.1, 0.15) is 15.9 Å². The van der Waals surface area contributed by atoms with Crippen LogP contribution in [0, 0.1) is 10.5 Å². The fourth-order valence-corrected chi connectivity index (χ4v) is 2.90. The minimum absolute atomic E-state index is 0.138. The van der Waals surface area contributed by atoms with E-state index >= 15 is 0 Å². The van der Waals surface area contributed by atoms with E-state index in [-0.39, 0.29) is 5.91 Å². The van der Waals surface area contributed by atoms with E-state index in [2.05, 4.69) is 43.8 Å². The van der Waals surface area contributed by atoms with Crippen LogP contribution < -0.4 is 5.32 Å². The molecule has 0 heterocycles. The molecule has 2 aromatic carbocycles. The summed E-state index contributed by atoms with van der Waals surface area (Å²) in [6.45, 7) is 1.98. The molecular weight excluding hydrogens is 440 g/mol. The lowest BCUT2D eigenvalue weighted by Gasteiger charge is -2.08. The van der Waals surface area contributed by atoms with Crippen LogP contribution in [-0.4, -0.2) is 5.91 Å². The molecule has 0 saturated heterocycles. The van der Waals surface area contributed by atoms with Crippen LogP contribution >= 0.6 is 50.1 Å². The average molecular weight is 451 g/mol. The van der Waals surface area contributed by atoms with E-state index in [0.29, 0.717) is 10.6 Å². The van der Waals surface area contributed by atoms with Crippen LogP contribution in [0.25, 0.3) is 0 Å². The number of hydrogen-bond acceptors (Lipinski definition) is 1.